The van der Waals surface area contributed by atoms with Gasteiger partial charge in [-0.2, -0.15) is 0 Å². The van der Waals surface area contributed by atoms with Crippen molar-refractivity contribution < 1.29 is 24.5 Å². The first-order chi connectivity index (χ1) is 34.5. The van der Waals surface area contributed by atoms with Gasteiger partial charge in [0.25, 0.3) is 0 Å². The number of nitrogens with one attached hydrogen (secondary N) is 1. The third kappa shape index (κ3) is 55.9. The van der Waals surface area contributed by atoms with Crippen molar-refractivity contribution in [3.8, 4) is 0 Å². The van der Waals surface area contributed by atoms with E-state index in [1.54, 1.807) is 0 Å². The quantitative estimate of drug-likeness (QED) is 0.0321. The number of rotatable bonds is 60. The van der Waals surface area contributed by atoms with Gasteiger partial charge in [-0.3, -0.25) is 9.59 Å². The lowest BCUT2D eigenvalue weighted by Crippen LogP contribution is -2.45. The van der Waals surface area contributed by atoms with E-state index in [1.165, 1.54) is 289 Å². The molecule has 3 N–H and O–H groups in total. The Morgan fingerprint density at radius 3 is 1.01 bits per heavy atom. The number of esters is 1. The number of allylic oxidation sites excluding steroid dienone is 2. The molecule has 0 aliphatic carbocycles. The number of hydrogen-bond acceptors (Lipinski definition) is 5. The molecule has 1 amide bonds. The predicted octanol–water partition coefficient (Wildman–Crippen LogP) is 20.0. The van der Waals surface area contributed by atoms with Crippen LogP contribution in [0.5, 0.6) is 0 Å². The van der Waals surface area contributed by atoms with Crippen LogP contribution in [0.4, 0.5) is 0 Å². The van der Waals surface area contributed by atoms with E-state index >= 15 is 0 Å². The van der Waals surface area contributed by atoms with Crippen LogP contribution in [0.3, 0.4) is 0 Å². The van der Waals surface area contributed by atoms with Gasteiger partial charge in [0.2, 0.25) is 5.91 Å². The number of carbonyl (C=O) groups excluding carboxylic acids is 2. The summed E-state index contributed by atoms with van der Waals surface area (Å²) in [6, 6.07) is -0.543. The summed E-state index contributed by atoms with van der Waals surface area (Å²) in [4.78, 5) is 24.5. The SMILES string of the molecule is CCCCCCCCCCCCCCCCCC(=O)OCCCCCCCCCCCCCC/C=C\CCCCCCCCCCC(=O)NC(CO)C(O)CCCCCCCCCCCCCCCC. The Morgan fingerprint density at radius 1 is 0.386 bits per heavy atom. The minimum atomic E-state index is -0.666. The van der Waals surface area contributed by atoms with Gasteiger partial charge in [-0.1, -0.05) is 309 Å². The maximum atomic E-state index is 12.5. The van der Waals surface area contributed by atoms with Gasteiger partial charge in [-0.15, -0.1) is 0 Å². The van der Waals surface area contributed by atoms with E-state index in [0.717, 1.165) is 38.5 Å². The molecule has 2 atom stereocenters. The zero-order valence-corrected chi connectivity index (χ0v) is 47.5. The molecule has 2 unspecified atom stereocenters. The Bertz CT molecular complexity index is 1050. The zero-order chi connectivity index (χ0) is 50.7. The minimum Gasteiger partial charge on any atom is -0.466 e. The molecule has 416 valence electrons. The average Bonchev–Trinajstić information content (AvgIpc) is 3.36. The van der Waals surface area contributed by atoms with Crippen LogP contribution in [0.15, 0.2) is 12.2 Å². The molecule has 0 aliphatic rings. The summed E-state index contributed by atoms with van der Waals surface area (Å²) < 4.78 is 5.49. The van der Waals surface area contributed by atoms with E-state index in [9.17, 15) is 19.8 Å². The Kier molecular flexibility index (Phi) is 59.0. The first-order valence-corrected chi connectivity index (χ1v) is 31.9. The number of hydrogen-bond donors (Lipinski definition) is 3. The van der Waals surface area contributed by atoms with Gasteiger partial charge in [0.1, 0.15) is 0 Å². The highest BCUT2D eigenvalue weighted by molar-refractivity contribution is 5.76. The Morgan fingerprint density at radius 2 is 0.671 bits per heavy atom. The van der Waals surface area contributed by atoms with Crippen LogP contribution < -0.4 is 5.32 Å². The van der Waals surface area contributed by atoms with Crippen LogP contribution in [0.1, 0.15) is 361 Å². The van der Waals surface area contributed by atoms with Gasteiger partial charge in [0.05, 0.1) is 25.4 Å². The summed E-state index contributed by atoms with van der Waals surface area (Å²) in [5.41, 5.74) is 0. The summed E-state index contributed by atoms with van der Waals surface area (Å²) in [7, 11) is 0. The molecule has 0 saturated heterocycles. The fourth-order valence-corrected chi connectivity index (χ4v) is 10.2. The standard InChI is InChI=1S/C64H125NO5/c1-3-5-7-9-11-13-15-17-29-34-38-42-46-50-54-58-64(69)70-59-55-51-47-43-39-35-31-28-26-24-22-20-19-21-23-25-27-30-33-37-41-45-49-53-57-63(68)65-61(60-66)62(67)56-52-48-44-40-36-32-18-16-14-12-10-8-6-4-2/h21,23,61-62,66-67H,3-20,22,24-60H2,1-2H3,(H,65,68)/b23-21-. The Labute approximate surface area is 438 Å². The summed E-state index contributed by atoms with van der Waals surface area (Å²) in [5.74, 6) is -0.0212. The summed E-state index contributed by atoms with van der Waals surface area (Å²) in [6.07, 6.45) is 72.3. The van der Waals surface area contributed by atoms with Crippen molar-refractivity contribution in [2.45, 2.75) is 373 Å². The normalized spacial score (nSPS) is 12.6. The van der Waals surface area contributed by atoms with Gasteiger partial charge in [0.15, 0.2) is 0 Å². The molecule has 0 rings (SSSR count). The molecular weight excluding hydrogens is 863 g/mol. The lowest BCUT2D eigenvalue weighted by Gasteiger charge is -2.22. The van der Waals surface area contributed by atoms with Crippen molar-refractivity contribution in [2.75, 3.05) is 13.2 Å². The number of unbranched alkanes of at least 4 members (excludes halogenated alkanes) is 47. The number of ether oxygens (including phenoxy) is 1. The van der Waals surface area contributed by atoms with Gasteiger partial charge in [-0.25, -0.2) is 0 Å². The van der Waals surface area contributed by atoms with Crippen LogP contribution in [0.25, 0.3) is 0 Å². The van der Waals surface area contributed by atoms with Crippen molar-refractivity contribution >= 4 is 11.9 Å². The number of aliphatic hydroxyl groups is 2. The van der Waals surface area contributed by atoms with Crippen LogP contribution in [0.2, 0.25) is 0 Å². The molecule has 0 aromatic rings. The number of carbonyl (C=O) groups is 2. The van der Waals surface area contributed by atoms with Crippen LogP contribution >= 0.6 is 0 Å². The molecule has 0 fully saturated rings. The third-order valence-electron chi connectivity index (χ3n) is 15.1. The Balaban J connectivity index is 3.38. The predicted molar refractivity (Wildman–Crippen MR) is 306 cm³/mol. The second kappa shape index (κ2) is 60.2. The van der Waals surface area contributed by atoms with Gasteiger partial charge >= 0.3 is 5.97 Å². The fourth-order valence-electron chi connectivity index (χ4n) is 10.2. The number of aliphatic hydroxyl groups excluding tert-OH is 2. The van der Waals surface area contributed by atoms with E-state index in [1.807, 2.05) is 0 Å². The van der Waals surface area contributed by atoms with Crippen LogP contribution in [-0.4, -0.2) is 47.4 Å². The van der Waals surface area contributed by atoms with Crippen molar-refractivity contribution in [3.05, 3.63) is 12.2 Å². The molecule has 6 heteroatoms. The largest absolute Gasteiger partial charge is 0.466 e. The van der Waals surface area contributed by atoms with Gasteiger partial charge in [-0.05, 0) is 51.4 Å². The molecule has 0 aromatic carbocycles. The van der Waals surface area contributed by atoms with Crippen molar-refractivity contribution in [1.29, 1.82) is 0 Å². The molecule has 70 heavy (non-hydrogen) atoms. The highest BCUT2D eigenvalue weighted by atomic mass is 16.5. The second-order valence-corrected chi connectivity index (χ2v) is 22.1. The zero-order valence-electron chi connectivity index (χ0n) is 47.5. The highest BCUT2D eigenvalue weighted by Crippen LogP contribution is 2.18. The van der Waals surface area contributed by atoms with E-state index in [-0.39, 0.29) is 18.5 Å². The van der Waals surface area contributed by atoms with Crippen molar-refractivity contribution in [1.82, 2.24) is 5.32 Å². The average molecular weight is 989 g/mol. The monoisotopic (exact) mass is 988 g/mol. The van der Waals surface area contributed by atoms with E-state index in [4.69, 9.17) is 4.74 Å². The molecular formula is C64H125NO5. The first kappa shape index (κ1) is 68.6. The number of amides is 1. The van der Waals surface area contributed by atoms with Crippen LogP contribution in [-0.2, 0) is 14.3 Å². The molecule has 0 bridgehead atoms. The highest BCUT2D eigenvalue weighted by Gasteiger charge is 2.20. The van der Waals surface area contributed by atoms with Crippen molar-refractivity contribution in [2.24, 2.45) is 0 Å². The molecule has 0 saturated carbocycles. The molecule has 0 aromatic heterocycles. The van der Waals surface area contributed by atoms with E-state index in [2.05, 4.69) is 31.3 Å². The molecule has 0 spiro atoms. The summed E-state index contributed by atoms with van der Waals surface area (Å²) in [6.45, 7) is 4.98. The minimum absolute atomic E-state index is 0.0161. The van der Waals surface area contributed by atoms with Gasteiger partial charge < -0.3 is 20.3 Å². The molecule has 0 aliphatic heterocycles. The maximum absolute atomic E-state index is 12.5. The molecule has 0 radical (unpaired) electrons. The second-order valence-electron chi connectivity index (χ2n) is 22.1. The summed E-state index contributed by atoms with van der Waals surface area (Å²) in [5, 5.41) is 23.3. The third-order valence-corrected chi connectivity index (χ3v) is 15.1. The molecule has 0 heterocycles. The van der Waals surface area contributed by atoms with E-state index in [0.29, 0.717) is 25.9 Å². The smallest absolute Gasteiger partial charge is 0.305 e. The first-order valence-electron chi connectivity index (χ1n) is 31.9. The lowest BCUT2D eigenvalue weighted by atomic mass is 10.0. The lowest BCUT2D eigenvalue weighted by molar-refractivity contribution is -0.143. The maximum Gasteiger partial charge on any atom is 0.305 e. The van der Waals surface area contributed by atoms with Crippen LogP contribution in [0, 0.1) is 0 Å². The summed E-state index contributed by atoms with van der Waals surface area (Å²) >= 11 is 0. The topological polar surface area (TPSA) is 95.9 Å². The van der Waals surface area contributed by atoms with Gasteiger partial charge in [0, 0.05) is 12.8 Å². The Hall–Kier alpha value is -1.40. The fraction of sp³-hybridized carbons (Fsp3) is 0.938. The molecule has 6 nitrogen and oxygen atoms in total. The van der Waals surface area contributed by atoms with Crippen molar-refractivity contribution in [3.63, 3.8) is 0 Å². The van der Waals surface area contributed by atoms with E-state index < -0.39 is 12.1 Å².